The summed E-state index contributed by atoms with van der Waals surface area (Å²) in [7, 11) is 1.53. The lowest BCUT2D eigenvalue weighted by atomic mass is 10.1. The normalized spacial score (nSPS) is 10.7. The maximum atomic E-state index is 11.5. The first-order chi connectivity index (χ1) is 10.0. The third kappa shape index (κ3) is 7.02. The van der Waals surface area contributed by atoms with Gasteiger partial charge in [-0.05, 0) is 42.9 Å². The van der Waals surface area contributed by atoms with Gasteiger partial charge in [0, 0.05) is 6.42 Å². The summed E-state index contributed by atoms with van der Waals surface area (Å²) in [6, 6.07) is 5.27. The molecule has 21 heavy (non-hydrogen) atoms. The van der Waals surface area contributed by atoms with Gasteiger partial charge in [-0.25, -0.2) is 0 Å². The molecule has 118 valence electrons. The molecule has 1 aromatic rings. The molecule has 0 saturated heterocycles. The van der Waals surface area contributed by atoms with Gasteiger partial charge < -0.3 is 14.6 Å². The third-order valence-corrected chi connectivity index (χ3v) is 3.28. The highest BCUT2D eigenvalue weighted by Gasteiger charge is 2.05. The number of aromatic hydroxyl groups is 1. The highest BCUT2D eigenvalue weighted by atomic mass is 16.5. The van der Waals surface area contributed by atoms with Gasteiger partial charge in [0.1, 0.15) is 0 Å². The molecule has 0 aliphatic rings. The first-order valence-electron chi connectivity index (χ1n) is 7.54. The van der Waals surface area contributed by atoms with Gasteiger partial charge in [0.2, 0.25) is 0 Å². The number of phenols is 1. The molecule has 1 rings (SSSR count). The third-order valence-electron chi connectivity index (χ3n) is 3.28. The molecule has 0 heterocycles. The van der Waals surface area contributed by atoms with Crippen LogP contribution in [0, 0.1) is 5.92 Å². The van der Waals surface area contributed by atoms with E-state index in [2.05, 4.69) is 13.8 Å². The van der Waals surface area contributed by atoms with Crippen LogP contribution in [0.15, 0.2) is 18.2 Å². The monoisotopic (exact) mass is 294 g/mol. The zero-order valence-corrected chi connectivity index (χ0v) is 13.2. The first kappa shape index (κ1) is 17.3. The standard InChI is InChI=1S/C17H26O4/c1-13(2)6-4-8-17(19)21-11-5-7-14-9-10-15(18)16(12-14)20-3/h9-10,12-13,18H,4-8,11H2,1-3H3. The van der Waals surface area contributed by atoms with Crippen molar-refractivity contribution in [1.82, 2.24) is 0 Å². The molecule has 0 aliphatic heterocycles. The van der Waals surface area contributed by atoms with Crippen molar-refractivity contribution < 1.29 is 19.4 Å². The summed E-state index contributed by atoms with van der Waals surface area (Å²) in [6.07, 6.45) is 4.01. The number of methoxy groups -OCH3 is 1. The minimum absolute atomic E-state index is 0.112. The fourth-order valence-corrected chi connectivity index (χ4v) is 2.07. The maximum Gasteiger partial charge on any atom is 0.305 e. The minimum Gasteiger partial charge on any atom is -0.504 e. The van der Waals surface area contributed by atoms with E-state index in [1.165, 1.54) is 7.11 Å². The Morgan fingerprint density at radius 2 is 2.05 bits per heavy atom. The number of hydrogen-bond donors (Lipinski definition) is 1. The Balaban J connectivity index is 2.20. The van der Waals surface area contributed by atoms with E-state index in [-0.39, 0.29) is 11.7 Å². The zero-order chi connectivity index (χ0) is 15.7. The van der Waals surface area contributed by atoms with Gasteiger partial charge >= 0.3 is 5.97 Å². The molecule has 0 spiro atoms. The highest BCUT2D eigenvalue weighted by Crippen LogP contribution is 2.26. The Bertz CT molecular complexity index is 440. The molecule has 0 atom stereocenters. The summed E-state index contributed by atoms with van der Waals surface area (Å²) in [5, 5.41) is 9.51. The van der Waals surface area contributed by atoms with E-state index in [1.807, 2.05) is 6.07 Å². The van der Waals surface area contributed by atoms with Crippen LogP contribution in [0.5, 0.6) is 11.5 Å². The Morgan fingerprint density at radius 3 is 2.71 bits per heavy atom. The van der Waals surface area contributed by atoms with Crippen LogP contribution in [-0.2, 0) is 16.0 Å². The van der Waals surface area contributed by atoms with Crippen molar-refractivity contribution in [3.8, 4) is 11.5 Å². The number of benzene rings is 1. The molecule has 0 bridgehead atoms. The number of carbonyl (C=O) groups is 1. The summed E-state index contributed by atoms with van der Waals surface area (Å²) in [5.41, 5.74) is 1.06. The van der Waals surface area contributed by atoms with Gasteiger partial charge in [0.15, 0.2) is 11.5 Å². The predicted octanol–water partition coefficient (Wildman–Crippen LogP) is 3.70. The van der Waals surface area contributed by atoms with Gasteiger partial charge in [-0.15, -0.1) is 0 Å². The average molecular weight is 294 g/mol. The van der Waals surface area contributed by atoms with Crippen LogP contribution in [0.1, 0.15) is 45.1 Å². The van der Waals surface area contributed by atoms with Crippen molar-refractivity contribution in [2.24, 2.45) is 5.92 Å². The van der Waals surface area contributed by atoms with Crippen LogP contribution in [0.4, 0.5) is 0 Å². The van der Waals surface area contributed by atoms with Gasteiger partial charge in [0.25, 0.3) is 0 Å². The maximum absolute atomic E-state index is 11.5. The molecular weight excluding hydrogens is 268 g/mol. The molecule has 1 aromatic carbocycles. The second-order valence-corrected chi connectivity index (χ2v) is 5.62. The SMILES string of the molecule is COc1cc(CCCOC(=O)CCCC(C)C)ccc1O. The Labute approximate surface area is 127 Å². The van der Waals surface area contributed by atoms with E-state index >= 15 is 0 Å². The number of rotatable bonds is 9. The van der Waals surface area contributed by atoms with Gasteiger partial charge in [0.05, 0.1) is 13.7 Å². The summed E-state index contributed by atoms with van der Waals surface area (Å²) < 4.78 is 10.3. The lowest BCUT2D eigenvalue weighted by Crippen LogP contribution is -2.07. The van der Waals surface area contributed by atoms with Crippen LogP contribution in [0.25, 0.3) is 0 Å². The molecule has 0 radical (unpaired) electrons. The van der Waals surface area contributed by atoms with E-state index < -0.39 is 0 Å². The van der Waals surface area contributed by atoms with E-state index in [9.17, 15) is 9.90 Å². The van der Waals surface area contributed by atoms with Gasteiger partial charge in [-0.2, -0.15) is 0 Å². The molecule has 4 nitrogen and oxygen atoms in total. The second kappa shape index (κ2) is 9.27. The number of aryl methyl sites for hydroxylation is 1. The van der Waals surface area contributed by atoms with Crippen LogP contribution in [-0.4, -0.2) is 24.8 Å². The number of esters is 1. The van der Waals surface area contributed by atoms with Crippen molar-refractivity contribution in [3.05, 3.63) is 23.8 Å². The first-order valence-corrected chi connectivity index (χ1v) is 7.54. The van der Waals surface area contributed by atoms with Crippen molar-refractivity contribution in [1.29, 1.82) is 0 Å². The molecule has 1 N–H and O–H groups in total. The average Bonchev–Trinajstić information content (AvgIpc) is 2.44. The Hall–Kier alpha value is -1.71. The fraction of sp³-hybridized carbons (Fsp3) is 0.588. The van der Waals surface area contributed by atoms with E-state index in [1.54, 1.807) is 12.1 Å². The quantitative estimate of drug-likeness (QED) is 0.557. The Kier molecular flexibility index (Phi) is 7.65. The van der Waals surface area contributed by atoms with Crippen molar-refractivity contribution in [2.75, 3.05) is 13.7 Å². The lowest BCUT2D eigenvalue weighted by molar-refractivity contribution is -0.143. The Morgan fingerprint density at radius 1 is 1.29 bits per heavy atom. The summed E-state index contributed by atoms with van der Waals surface area (Å²) in [5.74, 6) is 1.12. The van der Waals surface area contributed by atoms with Crippen LogP contribution in [0.3, 0.4) is 0 Å². The van der Waals surface area contributed by atoms with Crippen LogP contribution in [0.2, 0.25) is 0 Å². The molecule has 4 heteroatoms. The number of hydrogen-bond acceptors (Lipinski definition) is 4. The lowest BCUT2D eigenvalue weighted by Gasteiger charge is -2.08. The predicted molar refractivity (Wildman–Crippen MR) is 82.6 cm³/mol. The fourth-order valence-electron chi connectivity index (χ4n) is 2.07. The number of phenolic OH excluding ortho intramolecular Hbond substituents is 1. The zero-order valence-electron chi connectivity index (χ0n) is 13.2. The van der Waals surface area contributed by atoms with Crippen molar-refractivity contribution in [2.45, 2.75) is 46.0 Å². The largest absolute Gasteiger partial charge is 0.504 e. The molecule has 0 fully saturated rings. The minimum atomic E-state index is -0.112. The van der Waals surface area contributed by atoms with Gasteiger partial charge in [-0.3, -0.25) is 4.79 Å². The van der Waals surface area contributed by atoms with Crippen LogP contribution >= 0.6 is 0 Å². The highest BCUT2D eigenvalue weighted by molar-refractivity contribution is 5.69. The summed E-state index contributed by atoms with van der Waals surface area (Å²) in [4.78, 5) is 11.5. The summed E-state index contributed by atoms with van der Waals surface area (Å²) >= 11 is 0. The molecule has 0 unspecified atom stereocenters. The second-order valence-electron chi connectivity index (χ2n) is 5.62. The van der Waals surface area contributed by atoms with Crippen molar-refractivity contribution >= 4 is 5.97 Å². The topological polar surface area (TPSA) is 55.8 Å². The van der Waals surface area contributed by atoms with Gasteiger partial charge in [-0.1, -0.05) is 26.3 Å². The molecule has 0 aliphatic carbocycles. The number of ether oxygens (including phenoxy) is 2. The molecule has 0 amide bonds. The molecule has 0 aromatic heterocycles. The van der Waals surface area contributed by atoms with E-state index in [0.717, 1.165) is 31.2 Å². The van der Waals surface area contributed by atoms with Crippen LogP contribution < -0.4 is 4.74 Å². The summed E-state index contributed by atoms with van der Waals surface area (Å²) in [6.45, 7) is 4.73. The van der Waals surface area contributed by atoms with E-state index in [4.69, 9.17) is 9.47 Å². The molecule has 0 saturated carbocycles. The number of carbonyl (C=O) groups excluding carboxylic acids is 1. The molecular formula is C17H26O4. The smallest absolute Gasteiger partial charge is 0.305 e. The van der Waals surface area contributed by atoms with E-state index in [0.29, 0.717) is 24.7 Å². The van der Waals surface area contributed by atoms with Crippen molar-refractivity contribution in [3.63, 3.8) is 0 Å².